The van der Waals surface area contributed by atoms with E-state index < -0.39 is 36.3 Å². The molecule has 212 valence electrons. The van der Waals surface area contributed by atoms with Crippen LogP contribution in [0.15, 0.2) is 79.1 Å². The summed E-state index contributed by atoms with van der Waals surface area (Å²) in [4.78, 5) is 33.1. The average Bonchev–Trinajstić information content (AvgIpc) is 3.28. The van der Waals surface area contributed by atoms with E-state index >= 15 is 0 Å². The number of hydrogen-bond donors (Lipinski definition) is 4. The highest BCUT2D eigenvalue weighted by molar-refractivity contribution is 6.11. The van der Waals surface area contributed by atoms with Crippen LogP contribution in [0.5, 0.6) is 0 Å². The number of aliphatic carboxylic acids is 1. The smallest absolute Gasteiger partial charge is 0.305 e. The molecule has 1 amide bonds. The predicted molar refractivity (Wildman–Crippen MR) is 154 cm³/mol. The van der Waals surface area contributed by atoms with E-state index in [2.05, 4.69) is 15.3 Å². The first kappa shape index (κ1) is 29.3. The average molecular weight is 559 g/mol. The third kappa shape index (κ3) is 7.10. The molecule has 4 rings (SSSR count). The Morgan fingerprint density at radius 1 is 0.951 bits per heavy atom. The Bertz CT molecular complexity index is 1520. The van der Waals surface area contributed by atoms with Gasteiger partial charge in [0.2, 0.25) is 5.95 Å². The molecule has 10 heteroatoms. The number of nitrogens with one attached hydrogen (secondary N) is 1. The normalized spacial score (nSPS) is 12.9. The number of aliphatic hydroxyl groups excluding tert-OH is 2. The summed E-state index contributed by atoms with van der Waals surface area (Å²) in [5, 5.41) is 32.4. The number of carbonyl (C=O) groups is 2. The molecule has 0 aliphatic carbocycles. The Morgan fingerprint density at radius 3 is 2.20 bits per heavy atom. The molecule has 2 aromatic carbocycles. The minimum absolute atomic E-state index is 0.122. The highest BCUT2D eigenvalue weighted by Gasteiger charge is 2.30. The highest BCUT2D eigenvalue weighted by Crippen LogP contribution is 2.42. The lowest BCUT2D eigenvalue weighted by Crippen LogP contribution is -2.21. The first-order valence-corrected chi connectivity index (χ1v) is 13.1. The molecule has 0 fully saturated rings. The van der Waals surface area contributed by atoms with Gasteiger partial charge < -0.3 is 19.9 Å². The molecule has 0 aliphatic heterocycles. The van der Waals surface area contributed by atoms with Gasteiger partial charge in [0, 0.05) is 41.7 Å². The summed E-state index contributed by atoms with van der Waals surface area (Å²) >= 11 is 0. The van der Waals surface area contributed by atoms with Gasteiger partial charge in [0.05, 0.1) is 18.6 Å². The number of aliphatic hydroxyl groups is 2. The zero-order valence-electron chi connectivity index (χ0n) is 22.6. The van der Waals surface area contributed by atoms with E-state index in [0.29, 0.717) is 28.1 Å². The molecule has 4 N–H and O–H groups in total. The van der Waals surface area contributed by atoms with Gasteiger partial charge >= 0.3 is 5.97 Å². The fraction of sp³-hybridized carbons (Fsp3) is 0.226. The second kappa shape index (κ2) is 13.1. The number of nitrogens with zero attached hydrogens (tertiary/aromatic N) is 3. The van der Waals surface area contributed by atoms with E-state index in [1.165, 1.54) is 30.6 Å². The molecule has 0 saturated heterocycles. The number of anilines is 1. The summed E-state index contributed by atoms with van der Waals surface area (Å²) in [5.74, 6) is -1.94. The van der Waals surface area contributed by atoms with Crippen molar-refractivity contribution in [2.24, 2.45) is 0 Å². The summed E-state index contributed by atoms with van der Waals surface area (Å²) in [5.41, 5.74) is 3.43. The Labute approximate surface area is 236 Å². The van der Waals surface area contributed by atoms with Crippen molar-refractivity contribution in [3.63, 3.8) is 0 Å². The van der Waals surface area contributed by atoms with Crippen LogP contribution in [0.25, 0.3) is 28.3 Å². The Morgan fingerprint density at radius 2 is 1.59 bits per heavy atom. The number of benzene rings is 2. The SMILES string of the molecule is CC(C)n1c(C=CC(O)CC(O)CC(=O)O)c(-c2ccc(F)cc2)c(-c2ccccc2)c1C(=O)Nc1ncccn1. The first-order chi connectivity index (χ1) is 19.7. The van der Waals surface area contributed by atoms with Crippen molar-refractivity contribution in [1.82, 2.24) is 14.5 Å². The summed E-state index contributed by atoms with van der Waals surface area (Å²) in [6.07, 6.45) is 3.01. The number of amides is 1. The van der Waals surface area contributed by atoms with Crippen molar-refractivity contribution in [2.45, 2.75) is 44.9 Å². The van der Waals surface area contributed by atoms with Gasteiger partial charge in [-0.2, -0.15) is 0 Å². The first-order valence-electron chi connectivity index (χ1n) is 13.1. The fourth-order valence-electron chi connectivity index (χ4n) is 4.69. The maximum Gasteiger partial charge on any atom is 0.305 e. The number of halogens is 1. The van der Waals surface area contributed by atoms with E-state index in [0.717, 1.165) is 5.56 Å². The number of aromatic nitrogens is 3. The molecule has 0 saturated carbocycles. The standard InChI is InChI=1S/C31H31FN4O5/c1-19(2)36-25(14-13-23(37)17-24(38)18-26(39)40)27(21-9-11-22(32)12-10-21)28(20-7-4-3-5-8-20)29(36)30(41)35-31-33-15-6-16-34-31/h3-16,19,23-24,37-38H,17-18H2,1-2H3,(H,39,40)(H,33,34,35,41). The number of carboxylic acids is 1. The Hall–Kier alpha value is -4.67. The van der Waals surface area contributed by atoms with Crippen molar-refractivity contribution in [2.75, 3.05) is 5.32 Å². The van der Waals surface area contributed by atoms with Gasteiger partial charge in [-0.15, -0.1) is 0 Å². The lowest BCUT2D eigenvalue weighted by atomic mass is 9.94. The van der Waals surface area contributed by atoms with E-state index in [-0.39, 0.29) is 18.4 Å². The van der Waals surface area contributed by atoms with Crippen LogP contribution in [-0.2, 0) is 4.79 Å². The minimum Gasteiger partial charge on any atom is -0.481 e. The fourth-order valence-corrected chi connectivity index (χ4v) is 4.69. The maximum atomic E-state index is 14.0. The van der Waals surface area contributed by atoms with Crippen LogP contribution >= 0.6 is 0 Å². The van der Waals surface area contributed by atoms with Crippen LogP contribution in [0.1, 0.15) is 48.9 Å². The third-order valence-electron chi connectivity index (χ3n) is 6.36. The molecule has 2 unspecified atom stereocenters. The second-order valence-corrected chi connectivity index (χ2v) is 9.76. The minimum atomic E-state index is -1.24. The Kier molecular flexibility index (Phi) is 9.38. The summed E-state index contributed by atoms with van der Waals surface area (Å²) in [7, 11) is 0. The van der Waals surface area contributed by atoms with E-state index in [1.807, 2.05) is 48.7 Å². The molecule has 0 radical (unpaired) electrons. The van der Waals surface area contributed by atoms with Gasteiger partial charge in [0.15, 0.2) is 0 Å². The molecule has 4 aromatic rings. The van der Waals surface area contributed by atoms with Crippen molar-refractivity contribution in [3.05, 3.63) is 96.3 Å². The van der Waals surface area contributed by atoms with Gasteiger partial charge in [-0.05, 0) is 49.2 Å². The quantitative estimate of drug-likeness (QED) is 0.199. The van der Waals surface area contributed by atoms with Crippen molar-refractivity contribution in [1.29, 1.82) is 0 Å². The van der Waals surface area contributed by atoms with E-state index in [9.17, 15) is 24.2 Å². The van der Waals surface area contributed by atoms with E-state index in [1.54, 1.807) is 24.3 Å². The molecule has 2 atom stereocenters. The Balaban J connectivity index is 1.96. The number of hydrogen-bond acceptors (Lipinski definition) is 6. The summed E-state index contributed by atoms with van der Waals surface area (Å²) in [6.45, 7) is 3.81. The topological polar surface area (TPSA) is 138 Å². The number of carboxylic acid groups (broad SMARTS) is 1. The largest absolute Gasteiger partial charge is 0.481 e. The maximum absolute atomic E-state index is 14.0. The molecule has 41 heavy (non-hydrogen) atoms. The van der Waals surface area contributed by atoms with Crippen LogP contribution in [0.3, 0.4) is 0 Å². The number of rotatable bonds is 11. The molecular formula is C31H31FN4O5. The van der Waals surface area contributed by atoms with Gasteiger partial charge in [0.1, 0.15) is 11.5 Å². The molecule has 2 aromatic heterocycles. The van der Waals surface area contributed by atoms with E-state index in [4.69, 9.17) is 5.11 Å². The van der Waals surface area contributed by atoms with Gasteiger partial charge in [-0.25, -0.2) is 14.4 Å². The number of carbonyl (C=O) groups excluding carboxylic acids is 1. The van der Waals surface area contributed by atoms with Gasteiger partial charge in [0.25, 0.3) is 5.91 Å². The molecule has 2 heterocycles. The summed E-state index contributed by atoms with van der Waals surface area (Å²) in [6, 6.07) is 16.6. The summed E-state index contributed by atoms with van der Waals surface area (Å²) < 4.78 is 15.8. The van der Waals surface area contributed by atoms with Crippen LogP contribution in [-0.4, -0.2) is 53.9 Å². The van der Waals surface area contributed by atoms with Gasteiger partial charge in [-0.3, -0.25) is 14.9 Å². The van der Waals surface area contributed by atoms with Crippen molar-refractivity contribution in [3.8, 4) is 22.3 Å². The zero-order valence-corrected chi connectivity index (χ0v) is 22.6. The van der Waals surface area contributed by atoms with Crippen LogP contribution in [0.2, 0.25) is 0 Å². The monoisotopic (exact) mass is 558 g/mol. The van der Waals surface area contributed by atoms with Crippen molar-refractivity contribution >= 4 is 23.9 Å². The van der Waals surface area contributed by atoms with Crippen LogP contribution in [0, 0.1) is 5.82 Å². The van der Waals surface area contributed by atoms with Crippen LogP contribution < -0.4 is 5.32 Å². The predicted octanol–water partition coefficient (Wildman–Crippen LogP) is 5.18. The molecule has 9 nitrogen and oxygen atoms in total. The molecular weight excluding hydrogens is 527 g/mol. The van der Waals surface area contributed by atoms with Gasteiger partial charge in [-0.1, -0.05) is 48.5 Å². The zero-order chi connectivity index (χ0) is 29.5. The lowest BCUT2D eigenvalue weighted by molar-refractivity contribution is -0.139. The second-order valence-electron chi connectivity index (χ2n) is 9.76. The molecule has 0 bridgehead atoms. The third-order valence-corrected chi connectivity index (χ3v) is 6.36. The molecule has 0 aliphatic rings. The molecule has 0 spiro atoms. The highest BCUT2D eigenvalue weighted by atomic mass is 19.1. The van der Waals surface area contributed by atoms with Crippen LogP contribution in [0.4, 0.5) is 10.3 Å². The van der Waals surface area contributed by atoms with Crippen molar-refractivity contribution < 1.29 is 29.3 Å². The lowest BCUT2D eigenvalue weighted by Gasteiger charge is -2.17.